The number of ether oxygens (including phenoxy) is 1. The number of nitrogens with one attached hydrogen (secondary N) is 2. The number of carbonyl (C=O) groups is 6. The van der Waals surface area contributed by atoms with Gasteiger partial charge in [-0.3, -0.25) is 28.8 Å². The smallest absolute Gasteiger partial charge is 0.306 e. The molecule has 0 saturated carbocycles. The minimum atomic E-state index is -1.16. The van der Waals surface area contributed by atoms with Gasteiger partial charge in [-0.2, -0.15) is 0 Å². The molecule has 44 heavy (non-hydrogen) atoms. The number of esters is 1. The summed E-state index contributed by atoms with van der Waals surface area (Å²) in [6.45, 7) is 7.00. The van der Waals surface area contributed by atoms with Crippen molar-refractivity contribution in [3.8, 4) is 0 Å². The number of hydrogen-bond acceptors (Lipinski definition) is 7. The molecular weight excluding hydrogens is 562 g/mol. The Bertz CT molecular complexity index is 1260. The van der Waals surface area contributed by atoms with Crippen molar-refractivity contribution in [2.45, 2.75) is 72.4 Å². The van der Waals surface area contributed by atoms with E-state index in [1.54, 1.807) is 6.92 Å². The zero-order chi connectivity index (χ0) is 32.6. The maximum atomic E-state index is 13.3. The first-order valence-corrected chi connectivity index (χ1v) is 15.1. The van der Waals surface area contributed by atoms with E-state index in [9.17, 15) is 28.8 Å². The second-order valence-electron chi connectivity index (χ2n) is 11.6. The van der Waals surface area contributed by atoms with Crippen LogP contribution < -0.4 is 16.4 Å². The van der Waals surface area contributed by atoms with Crippen molar-refractivity contribution >= 4 is 35.3 Å². The van der Waals surface area contributed by atoms with Crippen LogP contribution in [0.15, 0.2) is 60.7 Å². The Morgan fingerprint density at radius 1 is 0.818 bits per heavy atom. The van der Waals surface area contributed by atoms with Gasteiger partial charge in [0.25, 0.3) is 5.91 Å². The van der Waals surface area contributed by atoms with E-state index >= 15 is 0 Å². The highest BCUT2D eigenvalue weighted by Gasteiger charge is 2.34. The molecule has 0 spiro atoms. The zero-order valence-corrected chi connectivity index (χ0v) is 26.0. The molecule has 0 heterocycles. The lowest BCUT2D eigenvalue weighted by molar-refractivity contribution is -0.149. The van der Waals surface area contributed by atoms with Crippen molar-refractivity contribution in [2.24, 2.45) is 29.4 Å². The van der Waals surface area contributed by atoms with Crippen LogP contribution in [0, 0.1) is 23.7 Å². The number of rotatable bonds is 19. The topological polar surface area (TPSA) is 162 Å². The van der Waals surface area contributed by atoms with Crippen LogP contribution in [0.2, 0.25) is 0 Å². The summed E-state index contributed by atoms with van der Waals surface area (Å²) in [7, 11) is 0. The summed E-state index contributed by atoms with van der Waals surface area (Å²) in [5.41, 5.74) is 7.16. The van der Waals surface area contributed by atoms with Gasteiger partial charge < -0.3 is 21.1 Å². The lowest BCUT2D eigenvalue weighted by atomic mass is 9.90. The van der Waals surface area contributed by atoms with Gasteiger partial charge >= 0.3 is 5.97 Å². The highest BCUT2D eigenvalue weighted by molar-refractivity contribution is 6.38. The zero-order valence-electron chi connectivity index (χ0n) is 26.0. The highest BCUT2D eigenvalue weighted by Crippen LogP contribution is 2.19. The number of hydrogen-bond donors (Lipinski definition) is 3. The number of amides is 3. The van der Waals surface area contributed by atoms with Crippen LogP contribution >= 0.6 is 0 Å². The summed E-state index contributed by atoms with van der Waals surface area (Å²) < 4.78 is 5.37. The highest BCUT2D eigenvalue weighted by atomic mass is 16.5. The van der Waals surface area contributed by atoms with Crippen molar-refractivity contribution < 1.29 is 33.5 Å². The molecular formula is C34H45N3O7. The van der Waals surface area contributed by atoms with Crippen molar-refractivity contribution in [2.75, 3.05) is 6.54 Å². The molecule has 2 rings (SSSR count). The third-order valence-corrected chi connectivity index (χ3v) is 7.45. The first-order valence-electron chi connectivity index (χ1n) is 15.1. The Morgan fingerprint density at radius 2 is 1.41 bits per heavy atom. The summed E-state index contributed by atoms with van der Waals surface area (Å²) in [6.07, 6.45) is 0.758. The van der Waals surface area contributed by atoms with Crippen molar-refractivity contribution in [3.05, 3.63) is 71.8 Å². The average Bonchev–Trinajstić information content (AvgIpc) is 3.00. The first-order chi connectivity index (χ1) is 20.9. The van der Waals surface area contributed by atoms with E-state index in [0.717, 1.165) is 11.1 Å². The number of benzene rings is 2. The van der Waals surface area contributed by atoms with Gasteiger partial charge in [0.05, 0.1) is 19.0 Å². The third kappa shape index (κ3) is 12.5. The molecule has 0 aliphatic heterocycles. The maximum absolute atomic E-state index is 13.3. The number of ketones is 2. The monoisotopic (exact) mass is 607 g/mol. The molecule has 0 aromatic heterocycles. The number of Topliss-reactive ketones (excluding diaryl/α,β-unsaturated/α-hetero) is 2. The molecule has 0 radical (unpaired) electrons. The fraction of sp³-hybridized carbons (Fsp3) is 0.471. The van der Waals surface area contributed by atoms with Crippen LogP contribution in [0.3, 0.4) is 0 Å². The maximum Gasteiger partial charge on any atom is 0.306 e. The Hall–Kier alpha value is -4.34. The summed E-state index contributed by atoms with van der Waals surface area (Å²) in [5, 5.41) is 5.03. The van der Waals surface area contributed by atoms with Crippen LogP contribution in [0.5, 0.6) is 0 Å². The van der Waals surface area contributed by atoms with Crippen molar-refractivity contribution in [1.29, 1.82) is 0 Å². The van der Waals surface area contributed by atoms with E-state index in [1.807, 2.05) is 81.4 Å². The second-order valence-corrected chi connectivity index (χ2v) is 11.6. The largest absolute Gasteiger partial charge is 0.461 e. The van der Waals surface area contributed by atoms with E-state index in [2.05, 4.69) is 10.6 Å². The molecule has 0 saturated heterocycles. The third-order valence-electron chi connectivity index (χ3n) is 7.45. The number of primary amides is 1. The molecule has 2 aromatic carbocycles. The van der Waals surface area contributed by atoms with Crippen LogP contribution in [-0.4, -0.2) is 47.8 Å². The van der Waals surface area contributed by atoms with Gasteiger partial charge in [0, 0.05) is 18.3 Å². The van der Waals surface area contributed by atoms with E-state index < -0.39 is 65.6 Å². The Morgan fingerprint density at radius 3 is 1.95 bits per heavy atom. The minimum Gasteiger partial charge on any atom is -0.461 e. The van der Waals surface area contributed by atoms with Crippen LogP contribution in [-0.2, 0) is 46.5 Å². The lowest BCUT2D eigenvalue weighted by Crippen LogP contribution is -2.52. The van der Waals surface area contributed by atoms with E-state index in [4.69, 9.17) is 10.5 Å². The predicted octanol–water partition coefficient (Wildman–Crippen LogP) is 3.30. The normalized spacial score (nSPS) is 13.7. The van der Waals surface area contributed by atoms with Gasteiger partial charge in [0.1, 0.15) is 6.61 Å². The molecule has 238 valence electrons. The molecule has 0 aliphatic carbocycles. The van der Waals surface area contributed by atoms with Gasteiger partial charge in [-0.05, 0) is 35.8 Å². The molecule has 10 heteroatoms. The quantitative estimate of drug-likeness (QED) is 0.163. The standard InChI is InChI=1S/C34H45N3O7/c1-5-23(4)30(37-33(42)27(16-22(2)3)19-29(39)44-21-25-14-10-7-11-15-25)31(40)34(43)36-20-28(38)18-26(32(35)41)17-24-12-8-6-9-13-24/h6-15,22-23,26-27,30H,5,16-21H2,1-4H3,(H2,35,41)(H,36,43)(H,37,42). The average molecular weight is 608 g/mol. The molecule has 3 amide bonds. The molecule has 2 aromatic rings. The van der Waals surface area contributed by atoms with Crippen LogP contribution in [0.1, 0.15) is 64.5 Å². The predicted molar refractivity (Wildman–Crippen MR) is 166 cm³/mol. The van der Waals surface area contributed by atoms with Gasteiger partial charge in [0.2, 0.25) is 17.6 Å². The van der Waals surface area contributed by atoms with E-state index in [1.165, 1.54) is 0 Å². The van der Waals surface area contributed by atoms with Crippen molar-refractivity contribution in [3.63, 3.8) is 0 Å². The lowest BCUT2D eigenvalue weighted by Gasteiger charge is -2.26. The molecule has 0 fully saturated rings. The molecule has 4 unspecified atom stereocenters. The molecule has 4 N–H and O–H groups in total. The summed E-state index contributed by atoms with van der Waals surface area (Å²) >= 11 is 0. The SMILES string of the molecule is CCC(C)C(NC(=O)C(CC(=O)OCc1ccccc1)CC(C)C)C(=O)C(=O)NCC(=O)CC(Cc1ccccc1)C(N)=O. The Balaban J connectivity index is 2.00. The van der Waals surface area contributed by atoms with Gasteiger partial charge in [-0.1, -0.05) is 94.8 Å². The Labute approximate surface area is 259 Å². The number of carbonyl (C=O) groups excluding carboxylic acids is 6. The van der Waals surface area contributed by atoms with E-state index in [0.29, 0.717) is 12.8 Å². The van der Waals surface area contributed by atoms with Gasteiger partial charge in [0.15, 0.2) is 5.78 Å². The minimum absolute atomic E-state index is 0.0749. The van der Waals surface area contributed by atoms with Gasteiger partial charge in [-0.15, -0.1) is 0 Å². The second kappa shape index (κ2) is 18.4. The van der Waals surface area contributed by atoms with Crippen molar-refractivity contribution in [1.82, 2.24) is 10.6 Å². The Kier molecular flexibility index (Phi) is 15.0. The molecule has 0 aliphatic rings. The fourth-order valence-electron chi connectivity index (χ4n) is 4.75. The molecule has 10 nitrogen and oxygen atoms in total. The van der Waals surface area contributed by atoms with E-state index in [-0.39, 0.29) is 31.8 Å². The first kappa shape index (κ1) is 35.9. The molecule has 0 bridgehead atoms. The number of nitrogens with two attached hydrogens (primary N) is 1. The van der Waals surface area contributed by atoms with Crippen LogP contribution in [0.25, 0.3) is 0 Å². The van der Waals surface area contributed by atoms with Gasteiger partial charge in [-0.25, -0.2) is 0 Å². The summed E-state index contributed by atoms with van der Waals surface area (Å²) in [6, 6.07) is 17.1. The molecule has 4 atom stereocenters. The summed E-state index contributed by atoms with van der Waals surface area (Å²) in [4.78, 5) is 76.5. The fourth-order valence-corrected chi connectivity index (χ4v) is 4.75. The summed E-state index contributed by atoms with van der Waals surface area (Å²) in [5.74, 6) is -5.93. The van der Waals surface area contributed by atoms with Crippen LogP contribution in [0.4, 0.5) is 0 Å².